The Morgan fingerprint density at radius 1 is 1.35 bits per heavy atom. The molecular formula is C13H12ClF2N3O. The average molecular weight is 300 g/mol. The molecule has 1 N–H and O–H groups in total. The number of nitrogens with zero attached hydrogens (tertiary/aromatic N) is 2. The van der Waals surface area contributed by atoms with Crippen molar-refractivity contribution in [2.75, 3.05) is 5.32 Å². The monoisotopic (exact) mass is 299 g/mol. The maximum atomic E-state index is 13.2. The van der Waals surface area contributed by atoms with Crippen LogP contribution in [-0.2, 0) is 7.05 Å². The van der Waals surface area contributed by atoms with E-state index in [-0.39, 0.29) is 11.1 Å². The van der Waals surface area contributed by atoms with Gasteiger partial charge in [-0.3, -0.25) is 4.79 Å². The number of hydrogen-bond acceptors (Lipinski definition) is 3. The lowest BCUT2D eigenvalue weighted by atomic mass is 10.1. The van der Waals surface area contributed by atoms with Gasteiger partial charge in [-0.1, -0.05) is 17.7 Å². The SMILES string of the molecule is CC(Nc1cnn(C)c(=O)c1Cl)c1ccc(F)c(F)c1. The molecule has 1 unspecified atom stereocenters. The zero-order valence-electron chi connectivity index (χ0n) is 10.8. The highest BCUT2D eigenvalue weighted by Gasteiger charge is 2.13. The molecule has 1 aromatic carbocycles. The summed E-state index contributed by atoms with van der Waals surface area (Å²) in [7, 11) is 1.48. The van der Waals surface area contributed by atoms with Crippen LogP contribution in [0.3, 0.4) is 0 Å². The maximum Gasteiger partial charge on any atom is 0.287 e. The van der Waals surface area contributed by atoms with Gasteiger partial charge in [0.15, 0.2) is 11.6 Å². The summed E-state index contributed by atoms with van der Waals surface area (Å²) in [5, 5.41) is 6.78. The molecule has 0 aliphatic carbocycles. The average Bonchev–Trinajstić information content (AvgIpc) is 2.42. The third kappa shape index (κ3) is 2.80. The van der Waals surface area contributed by atoms with Gasteiger partial charge >= 0.3 is 0 Å². The molecule has 2 rings (SSSR count). The van der Waals surface area contributed by atoms with Crippen LogP contribution in [-0.4, -0.2) is 9.78 Å². The standard InChI is InChI=1S/C13H12ClF2N3O/c1-7(8-3-4-9(15)10(16)5-8)18-11-6-17-19(2)13(20)12(11)14/h3-7,18H,1-2H3. The summed E-state index contributed by atoms with van der Waals surface area (Å²) in [6.07, 6.45) is 1.40. The topological polar surface area (TPSA) is 46.9 Å². The number of rotatable bonds is 3. The first-order valence-electron chi connectivity index (χ1n) is 5.83. The molecule has 0 fully saturated rings. The van der Waals surface area contributed by atoms with Gasteiger partial charge in [0.05, 0.1) is 11.9 Å². The lowest BCUT2D eigenvalue weighted by Crippen LogP contribution is -2.21. The molecule has 0 amide bonds. The molecule has 20 heavy (non-hydrogen) atoms. The summed E-state index contributed by atoms with van der Waals surface area (Å²) < 4.78 is 27.2. The third-order valence-corrected chi connectivity index (χ3v) is 3.26. The van der Waals surface area contributed by atoms with Gasteiger partial charge in [0.25, 0.3) is 5.56 Å². The number of aromatic nitrogens is 2. The molecule has 1 aromatic heterocycles. The largest absolute Gasteiger partial charge is 0.376 e. The predicted octanol–water partition coefficient (Wildman–Crippen LogP) is 2.89. The molecule has 0 aliphatic rings. The van der Waals surface area contributed by atoms with Crippen LogP contribution >= 0.6 is 11.6 Å². The van der Waals surface area contributed by atoms with Gasteiger partial charge in [-0.05, 0) is 24.6 Å². The van der Waals surface area contributed by atoms with Gasteiger partial charge in [0.1, 0.15) is 5.02 Å². The maximum absolute atomic E-state index is 13.2. The Bertz CT molecular complexity index is 703. The Morgan fingerprint density at radius 3 is 2.70 bits per heavy atom. The van der Waals surface area contributed by atoms with Crippen molar-refractivity contribution in [2.45, 2.75) is 13.0 Å². The van der Waals surface area contributed by atoms with E-state index in [9.17, 15) is 13.6 Å². The molecule has 0 saturated heterocycles. The van der Waals surface area contributed by atoms with Crippen molar-refractivity contribution in [1.82, 2.24) is 9.78 Å². The number of halogens is 3. The van der Waals surface area contributed by atoms with Crippen LogP contribution in [0.2, 0.25) is 5.02 Å². The fourth-order valence-corrected chi connectivity index (χ4v) is 1.94. The van der Waals surface area contributed by atoms with Gasteiger partial charge < -0.3 is 5.32 Å². The van der Waals surface area contributed by atoms with Crippen LogP contribution in [0.1, 0.15) is 18.5 Å². The van der Waals surface area contributed by atoms with Crippen molar-refractivity contribution in [3.05, 3.63) is 57.0 Å². The molecule has 4 nitrogen and oxygen atoms in total. The highest BCUT2D eigenvalue weighted by Crippen LogP contribution is 2.23. The summed E-state index contributed by atoms with van der Waals surface area (Å²) in [6, 6.07) is 3.23. The van der Waals surface area contributed by atoms with E-state index >= 15 is 0 Å². The van der Waals surface area contributed by atoms with E-state index in [2.05, 4.69) is 10.4 Å². The van der Waals surface area contributed by atoms with Gasteiger partial charge in [-0.15, -0.1) is 0 Å². The van der Waals surface area contributed by atoms with Crippen LogP contribution in [0.25, 0.3) is 0 Å². The Morgan fingerprint density at radius 2 is 2.05 bits per heavy atom. The first-order chi connectivity index (χ1) is 9.40. The number of anilines is 1. The minimum Gasteiger partial charge on any atom is -0.376 e. The number of nitrogens with one attached hydrogen (secondary N) is 1. The zero-order valence-corrected chi connectivity index (χ0v) is 11.6. The van der Waals surface area contributed by atoms with Crippen LogP contribution < -0.4 is 10.9 Å². The van der Waals surface area contributed by atoms with Crippen molar-refractivity contribution in [3.8, 4) is 0 Å². The minimum atomic E-state index is -0.927. The van der Waals surface area contributed by atoms with Crippen LogP contribution in [0.15, 0.2) is 29.2 Å². The molecule has 2 aromatic rings. The van der Waals surface area contributed by atoms with Crippen molar-refractivity contribution >= 4 is 17.3 Å². The van der Waals surface area contributed by atoms with Crippen molar-refractivity contribution in [2.24, 2.45) is 7.05 Å². The number of benzene rings is 1. The first-order valence-corrected chi connectivity index (χ1v) is 6.21. The Hall–Kier alpha value is -1.95. The van der Waals surface area contributed by atoms with Crippen molar-refractivity contribution < 1.29 is 8.78 Å². The van der Waals surface area contributed by atoms with E-state index in [0.717, 1.165) is 16.8 Å². The molecule has 1 heterocycles. The highest BCUT2D eigenvalue weighted by atomic mass is 35.5. The van der Waals surface area contributed by atoms with E-state index in [1.807, 2.05) is 0 Å². The second-order valence-corrected chi connectivity index (χ2v) is 4.72. The van der Waals surface area contributed by atoms with Gasteiger partial charge in [0.2, 0.25) is 0 Å². The molecule has 0 radical (unpaired) electrons. The molecule has 7 heteroatoms. The van der Waals surface area contributed by atoms with Gasteiger partial charge in [-0.2, -0.15) is 5.10 Å². The fourth-order valence-electron chi connectivity index (χ4n) is 1.71. The van der Waals surface area contributed by atoms with E-state index < -0.39 is 17.2 Å². The molecular weight excluding hydrogens is 288 g/mol. The highest BCUT2D eigenvalue weighted by molar-refractivity contribution is 6.32. The molecule has 0 aliphatic heterocycles. The predicted molar refractivity (Wildman–Crippen MR) is 72.9 cm³/mol. The fraction of sp³-hybridized carbons (Fsp3) is 0.231. The lowest BCUT2D eigenvalue weighted by Gasteiger charge is -2.16. The van der Waals surface area contributed by atoms with Crippen LogP contribution in [0.5, 0.6) is 0 Å². The number of aryl methyl sites for hydroxylation is 1. The first kappa shape index (κ1) is 14.5. The van der Waals surface area contributed by atoms with E-state index in [4.69, 9.17) is 11.6 Å². The summed E-state index contributed by atoms with van der Waals surface area (Å²) in [6.45, 7) is 1.74. The summed E-state index contributed by atoms with van der Waals surface area (Å²) in [5.74, 6) is -1.83. The van der Waals surface area contributed by atoms with E-state index in [1.165, 1.54) is 19.3 Å². The normalized spacial score (nSPS) is 12.2. The Balaban J connectivity index is 2.28. The zero-order chi connectivity index (χ0) is 14.9. The number of hydrogen-bond donors (Lipinski definition) is 1. The summed E-state index contributed by atoms with van der Waals surface area (Å²) >= 11 is 5.92. The van der Waals surface area contributed by atoms with Crippen molar-refractivity contribution in [3.63, 3.8) is 0 Å². The molecule has 0 saturated carbocycles. The third-order valence-electron chi connectivity index (χ3n) is 2.89. The second-order valence-electron chi connectivity index (χ2n) is 4.34. The van der Waals surface area contributed by atoms with E-state index in [0.29, 0.717) is 11.3 Å². The van der Waals surface area contributed by atoms with Crippen LogP contribution in [0.4, 0.5) is 14.5 Å². The van der Waals surface area contributed by atoms with Gasteiger partial charge in [-0.25, -0.2) is 13.5 Å². The molecule has 1 atom stereocenters. The van der Waals surface area contributed by atoms with Crippen molar-refractivity contribution in [1.29, 1.82) is 0 Å². The Kier molecular flexibility index (Phi) is 4.04. The van der Waals surface area contributed by atoms with E-state index in [1.54, 1.807) is 6.92 Å². The molecule has 106 valence electrons. The molecule has 0 spiro atoms. The second kappa shape index (κ2) is 5.58. The minimum absolute atomic E-state index is 0.00284. The molecule has 0 bridgehead atoms. The quantitative estimate of drug-likeness (QED) is 0.948. The Labute approximate surface area is 119 Å². The van der Waals surface area contributed by atoms with Crippen LogP contribution in [0, 0.1) is 11.6 Å². The smallest absolute Gasteiger partial charge is 0.287 e. The van der Waals surface area contributed by atoms with Gasteiger partial charge in [0, 0.05) is 13.1 Å². The summed E-state index contributed by atoms with van der Waals surface area (Å²) in [5.41, 5.74) is 0.432. The summed E-state index contributed by atoms with van der Waals surface area (Å²) in [4.78, 5) is 11.6. The lowest BCUT2D eigenvalue weighted by molar-refractivity contribution is 0.506.